The van der Waals surface area contributed by atoms with Gasteiger partial charge in [-0.3, -0.25) is 4.79 Å². The number of carbonyl (C=O) groups is 2. The molecule has 2 fully saturated rings. The Kier molecular flexibility index (Phi) is 5.34. The molecule has 1 unspecified atom stereocenters. The fourth-order valence-corrected chi connectivity index (χ4v) is 5.87. The maximum Gasteiger partial charge on any atom is 0.335 e. The van der Waals surface area contributed by atoms with Crippen molar-refractivity contribution in [2.45, 2.75) is 17.9 Å². The molecule has 1 aliphatic carbocycles. The molecule has 2 aliphatic rings. The van der Waals surface area contributed by atoms with E-state index in [1.807, 2.05) is 25.1 Å². The molecule has 2 aromatic carbocycles. The molecule has 0 bridgehead atoms. The Morgan fingerprint density at radius 2 is 1.77 bits per heavy atom. The van der Waals surface area contributed by atoms with Crippen LogP contribution in [-0.2, 0) is 14.8 Å². The molecule has 0 radical (unpaired) electrons. The van der Waals surface area contributed by atoms with Crippen molar-refractivity contribution in [1.82, 2.24) is 9.62 Å². The number of carboxylic acids is 1. The second-order valence-corrected chi connectivity index (χ2v) is 10.2. The first-order valence-corrected chi connectivity index (χ1v) is 11.4. The lowest BCUT2D eigenvalue weighted by Crippen LogP contribution is -2.35. The molecular formula is C21H21ClN2O5S. The Bertz CT molecular complexity index is 1090. The van der Waals surface area contributed by atoms with Gasteiger partial charge in [-0.25, -0.2) is 13.2 Å². The maximum atomic E-state index is 12.8. The molecule has 1 amide bonds. The van der Waals surface area contributed by atoms with Crippen molar-refractivity contribution in [1.29, 1.82) is 0 Å². The van der Waals surface area contributed by atoms with Gasteiger partial charge in [-0.2, -0.15) is 4.31 Å². The van der Waals surface area contributed by atoms with E-state index in [-0.39, 0.29) is 53.3 Å². The third-order valence-electron chi connectivity index (χ3n) is 5.91. The number of hydrogen-bond acceptors (Lipinski definition) is 4. The van der Waals surface area contributed by atoms with Gasteiger partial charge in [0.15, 0.2) is 0 Å². The van der Waals surface area contributed by atoms with E-state index in [1.165, 1.54) is 28.6 Å². The van der Waals surface area contributed by atoms with E-state index in [0.29, 0.717) is 5.02 Å². The summed E-state index contributed by atoms with van der Waals surface area (Å²) in [5.41, 5.74) is 0.944. The Morgan fingerprint density at radius 1 is 1.13 bits per heavy atom. The highest BCUT2D eigenvalue weighted by Gasteiger charge is 2.61. The first kappa shape index (κ1) is 20.8. The number of nitrogens with one attached hydrogen (secondary N) is 1. The number of benzene rings is 2. The van der Waals surface area contributed by atoms with E-state index in [1.54, 1.807) is 6.07 Å². The maximum absolute atomic E-state index is 12.8. The standard InChI is InChI=1S/C21H21ClN2O5S/c1-12(14-3-2-4-15(22)9-14)23-20(25)19-17-10-24(11-18(17)19)30(28,29)16-7-5-13(6-8-16)21(26)27/h2-9,12,17-19H,10-11H2,1H3,(H,23,25)(H,26,27)/t12?,17-,18-/m0/s1. The van der Waals surface area contributed by atoms with Gasteiger partial charge in [0.2, 0.25) is 15.9 Å². The number of carbonyl (C=O) groups excluding carboxylic acids is 1. The smallest absolute Gasteiger partial charge is 0.335 e. The molecule has 1 saturated carbocycles. The lowest BCUT2D eigenvalue weighted by atomic mass is 10.1. The van der Waals surface area contributed by atoms with Crippen LogP contribution in [0.25, 0.3) is 0 Å². The quantitative estimate of drug-likeness (QED) is 0.707. The molecule has 1 heterocycles. The molecule has 2 N–H and O–H groups in total. The van der Waals surface area contributed by atoms with Gasteiger partial charge in [-0.05, 0) is 60.7 Å². The molecular weight excluding hydrogens is 428 g/mol. The molecule has 2 aromatic rings. The highest BCUT2D eigenvalue weighted by molar-refractivity contribution is 7.89. The van der Waals surface area contributed by atoms with Crippen molar-refractivity contribution < 1.29 is 23.1 Å². The summed E-state index contributed by atoms with van der Waals surface area (Å²) >= 11 is 6.01. The van der Waals surface area contributed by atoms with Gasteiger partial charge in [0, 0.05) is 24.0 Å². The topological polar surface area (TPSA) is 104 Å². The Labute approximate surface area is 179 Å². The number of fused-ring (bicyclic) bond motifs is 1. The number of hydrogen-bond donors (Lipinski definition) is 2. The highest BCUT2D eigenvalue weighted by Crippen LogP contribution is 2.53. The number of amides is 1. The average molecular weight is 449 g/mol. The fourth-order valence-electron chi connectivity index (χ4n) is 4.16. The lowest BCUT2D eigenvalue weighted by molar-refractivity contribution is -0.123. The first-order valence-electron chi connectivity index (χ1n) is 9.58. The second kappa shape index (κ2) is 7.68. The zero-order valence-corrected chi connectivity index (χ0v) is 17.7. The Morgan fingerprint density at radius 3 is 2.33 bits per heavy atom. The van der Waals surface area contributed by atoms with Crippen LogP contribution in [0, 0.1) is 17.8 Å². The Balaban J connectivity index is 1.37. The van der Waals surface area contributed by atoms with Crippen LogP contribution in [0.2, 0.25) is 5.02 Å². The third-order valence-corrected chi connectivity index (χ3v) is 7.99. The van der Waals surface area contributed by atoms with E-state index < -0.39 is 16.0 Å². The molecule has 3 atom stereocenters. The third kappa shape index (κ3) is 3.82. The molecule has 1 saturated heterocycles. The van der Waals surface area contributed by atoms with Gasteiger partial charge in [0.25, 0.3) is 0 Å². The van der Waals surface area contributed by atoms with Crippen LogP contribution in [0.1, 0.15) is 28.9 Å². The number of halogens is 1. The van der Waals surface area contributed by atoms with Crippen LogP contribution in [-0.4, -0.2) is 42.8 Å². The van der Waals surface area contributed by atoms with Crippen LogP contribution in [0.5, 0.6) is 0 Å². The molecule has 1 aliphatic heterocycles. The van der Waals surface area contributed by atoms with Crippen molar-refractivity contribution in [3.8, 4) is 0 Å². The van der Waals surface area contributed by atoms with E-state index >= 15 is 0 Å². The van der Waals surface area contributed by atoms with Crippen LogP contribution in [0.4, 0.5) is 0 Å². The van der Waals surface area contributed by atoms with Gasteiger partial charge in [0.1, 0.15) is 0 Å². The predicted molar refractivity (Wildman–Crippen MR) is 111 cm³/mol. The van der Waals surface area contributed by atoms with Crippen molar-refractivity contribution in [2.75, 3.05) is 13.1 Å². The number of aromatic carboxylic acids is 1. The summed E-state index contributed by atoms with van der Waals surface area (Å²) in [6.45, 7) is 2.47. The molecule has 7 nitrogen and oxygen atoms in total. The van der Waals surface area contributed by atoms with Crippen molar-refractivity contribution in [3.05, 3.63) is 64.7 Å². The molecule has 0 aromatic heterocycles. The predicted octanol–water partition coefficient (Wildman–Crippen LogP) is 2.78. The van der Waals surface area contributed by atoms with Gasteiger partial charge in [0.05, 0.1) is 16.5 Å². The number of piperidine rings is 1. The molecule has 30 heavy (non-hydrogen) atoms. The summed E-state index contributed by atoms with van der Waals surface area (Å²) in [7, 11) is -3.71. The normalized spacial score (nSPS) is 24.1. The van der Waals surface area contributed by atoms with Gasteiger partial charge >= 0.3 is 5.97 Å². The Hall–Kier alpha value is -2.42. The van der Waals surface area contributed by atoms with E-state index in [9.17, 15) is 18.0 Å². The summed E-state index contributed by atoms with van der Waals surface area (Å²) in [6, 6.07) is 12.3. The van der Waals surface area contributed by atoms with Crippen LogP contribution in [0.15, 0.2) is 53.4 Å². The van der Waals surface area contributed by atoms with Gasteiger partial charge in [-0.15, -0.1) is 0 Å². The zero-order valence-electron chi connectivity index (χ0n) is 16.2. The minimum atomic E-state index is -3.71. The number of nitrogens with zero attached hydrogens (tertiary/aromatic N) is 1. The molecule has 4 rings (SSSR count). The summed E-state index contributed by atoms with van der Waals surface area (Å²) in [5.74, 6) is -1.36. The fraction of sp³-hybridized carbons (Fsp3) is 0.333. The van der Waals surface area contributed by atoms with E-state index in [4.69, 9.17) is 16.7 Å². The van der Waals surface area contributed by atoms with Crippen molar-refractivity contribution in [2.24, 2.45) is 17.8 Å². The summed E-state index contributed by atoms with van der Waals surface area (Å²) < 4.78 is 27.0. The minimum absolute atomic E-state index is 0.00429. The molecule has 9 heteroatoms. The second-order valence-electron chi connectivity index (χ2n) is 7.79. The minimum Gasteiger partial charge on any atom is -0.478 e. The average Bonchev–Trinajstić information content (AvgIpc) is 3.21. The molecule has 0 spiro atoms. The number of carboxylic acid groups (broad SMARTS) is 1. The highest BCUT2D eigenvalue weighted by atomic mass is 35.5. The lowest BCUT2D eigenvalue weighted by Gasteiger charge is -2.20. The summed E-state index contributed by atoms with van der Waals surface area (Å²) in [5, 5.41) is 12.6. The zero-order chi connectivity index (χ0) is 21.6. The van der Waals surface area contributed by atoms with Gasteiger partial charge in [-0.1, -0.05) is 23.7 Å². The van der Waals surface area contributed by atoms with E-state index in [0.717, 1.165) is 5.56 Å². The van der Waals surface area contributed by atoms with E-state index in [2.05, 4.69) is 5.32 Å². The van der Waals surface area contributed by atoms with Crippen LogP contribution < -0.4 is 5.32 Å². The van der Waals surface area contributed by atoms with Crippen LogP contribution in [0.3, 0.4) is 0 Å². The summed E-state index contributed by atoms with van der Waals surface area (Å²) in [6.07, 6.45) is 0. The largest absolute Gasteiger partial charge is 0.478 e. The van der Waals surface area contributed by atoms with Gasteiger partial charge < -0.3 is 10.4 Å². The number of sulfonamides is 1. The van der Waals surface area contributed by atoms with Crippen LogP contribution >= 0.6 is 11.6 Å². The molecule has 158 valence electrons. The first-order chi connectivity index (χ1) is 14.2. The number of rotatable bonds is 6. The summed E-state index contributed by atoms with van der Waals surface area (Å²) in [4.78, 5) is 23.7. The monoisotopic (exact) mass is 448 g/mol. The van der Waals surface area contributed by atoms with Crippen molar-refractivity contribution >= 4 is 33.5 Å². The SMILES string of the molecule is CC(NC(=O)C1[C@H]2CN(S(=O)(=O)c3ccc(C(=O)O)cc3)C[C@H]12)c1cccc(Cl)c1. The van der Waals surface area contributed by atoms with Crippen molar-refractivity contribution in [3.63, 3.8) is 0 Å².